The number of carbonyl (C=O) groups excluding carboxylic acids is 2. The number of ether oxygens (including phenoxy) is 1. The summed E-state index contributed by atoms with van der Waals surface area (Å²) >= 11 is 0. The Labute approximate surface area is 123 Å². The quantitative estimate of drug-likeness (QED) is 0.621. The van der Waals surface area contributed by atoms with Gasteiger partial charge in [-0.3, -0.25) is 9.59 Å². The van der Waals surface area contributed by atoms with Crippen LogP contribution in [0.2, 0.25) is 0 Å². The highest BCUT2D eigenvalue weighted by Gasteiger charge is 2.27. The molecular weight excluding hydrogens is 268 g/mol. The van der Waals surface area contributed by atoms with Crippen molar-refractivity contribution >= 4 is 22.6 Å². The van der Waals surface area contributed by atoms with Crippen LogP contribution in [0.15, 0.2) is 24.4 Å². The van der Waals surface area contributed by atoms with Crippen LogP contribution in [-0.4, -0.2) is 47.5 Å². The van der Waals surface area contributed by atoms with Gasteiger partial charge in [0.25, 0.3) is 11.7 Å². The first-order valence-electron chi connectivity index (χ1n) is 7.05. The van der Waals surface area contributed by atoms with Crippen LogP contribution in [0.1, 0.15) is 15.9 Å². The number of aromatic nitrogens is 1. The van der Waals surface area contributed by atoms with Gasteiger partial charge in [-0.05, 0) is 18.6 Å². The van der Waals surface area contributed by atoms with Crippen LogP contribution in [0.5, 0.6) is 0 Å². The van der Waals surface area contributed by atoms with E-state index >= 15 is 0 Å². The molecule has 0 atom stereocenters. The second-order valence-electron chi connectivity index (χ2n) is 5.41. The Kier molecular flexibility index (Phi) is 3.51. The largest absolute Gasteiger partial charge is 0.378 e. The summed E-state index contributed by atoms with van der Waals surface area (Å²) in [5.41, 5.74) is 2.57. The van der Waals surface area contributed by atoms with E-state index < -0.39 is 11.7 Å². The van der Waals surface area contributed by atoms with Crippen molar-refractivity contribution in [2.45, 2.75) is 6.92 Å². The Morgan fingerprint density at radius 1 is 1.19 bits per heavy atom. The highest BCUT2D eigenvalue weighted by atomic mass is 16.5. The number of fused-ring (bicyclic) bond motifs is 1. The van der Waals surface area contributed by atoms with Crippen molar-refractivity contribution in [1.29, 1.82) is 0 Å². The molecular formula is C16H18N2O3. The highest BCUT2D eigenvalue weighted by Crippen LogP contribution is 2.23. The molecule has 5 heteroatoms. The fraction of sp³-hybridized carbons (Fsp3) is 0.375. The number of nitrogens with zero attached hydrogens (tertiary/aromatic N) is 2. The van der Waals surface area contributed by atoms with Crippen molar-refractivity contribution in [3.05, 3.63) is 35.5 Å². The highest BCUT2D eigenvalue weighted by molar-refractivity contribution is 6.44. The average molecular weight is 286 g/mol. The molecule has 21 heavy (non-hydrogen) atoms. The van der Waals surface area contributed by atoms with Crippen LogP contribution in [0, 0.1) is 6.92 Å². The zero-order valence-electron chi connectivity index (χ0n) is 12.3. The summed E-state index contributed by atoms with van der Waals surface area (Å²) in [5, 5.41) is 0.828. The normalized spacial score (nSPS) is 15.4. The number of Topliss-reactive ketones (excluding diaryl/α,β-unsaturated/α-hetero) is 1. The minimum absolute atomic E-state index is 0.439. The zero-order valence-corrected chi connectivity index (χ0v) is 12.3. The molecule has 1 amide bonds. The van der Waals surface area contributed by atoms with Gasteiger partial charge in [0, 0.05) is 37.2 Å². The summed E-state index contributed by atoms with van der Waals surface area (Å²) in [6, 6.07) is 5.88. The first kappa shape index (κ1) is 13.8. The Morgan fingerprint density at radius 3 is 2.62 bits per heavy atom. The van der Waals surface area contributed by atoms with Gasteiger partial charge >= 0.3 is 0 Å². The molecule has 2 aromatic rings. The van der Waals surface area contributed by atoms with E-state index in [9.17, 15) is 9.59 Å². The molecule has 1 aliphatic heterocycles. The van der Waals surface area contributed by atoms with Gasteiger partial charge < -0.3 is 14.2 Å². The van der Waals surface area contributed by atoms with Crippen LogP contribution in [-0.2, 0) is 16.6 Å². The first-order chi connectivity index (χ1) is 10.1. The van der Waals surface area contributed by atoms with Crippen molar-refractivity contribution < 1.29 is 14.3 Å². The van der Waals surface area contributed by atoms with Crippen LogP contribution in [0.25, 0.3) is 10.9 Å². The standard InChI is InChI=1S/C16H18N2O3/c1-11-3-4-12-13(10-17(2)14(12)9-11)15(19)16(20)18-5-7-21-8-6-18/h3-4,9-10H,5-8H2,1-2H3. The van der Waals surface area contributed by atoms with Gasteiger partial charge in [0.15, 0.2) is 0 Å². The number of benzene rings is 1. The van der Waals surface area contributed by atoms with E-state index in [1.54, 1.807) is 11.1 Å². The van der Waals surface area contributed by atoms with E-state index in [2.05, 4.69) is 0 Å². The first-order valence-corrected chi connectivity index (χ1v) is 7.05. The summed E-state index contributed by atoms with van der Waals surface area (Å²) in [4.78, 5) is 26.4. The number of aryl methyl sites for hydroxylation is 2. The minimum Gasteiger partial charge on any atom is -0.378 e. The molecule has 0 bridgehead atoms. The molecule has 0 spiro atoms. The van der Waals surface area contributed by atoms with Crippen molar-refractivity contribution in [1.82, 2.24) is 9.47 Å². The van der Waals surface area contributed by atoms with Gasteiger partial charge in [-0.1, -0.05) is 12.1 Å². The number of rotatable bonds is 2. The lowest BCUT2D eigenvalue weighted by Gasteiger charge is -2.25. The summed E-state index contributed by atoms with van der Waals surface area (Å²) in [6.07, 6.45) is 1.74. The number of amides is 1. The summed E-state index contributed by atoms with van der Waals surface area (Å²) in [6.45, 7) is 3.96. The number of carbonyl (C=O) groups is 2. The smallest absolute Gasteiger partial charge is 0.295 e. The molecule has 5 nitrogen and oxygen atoms in total. The molecule has 110 valence electrons. The average Bonchev–Trinajstić information content (AvgIpc) is 2.83. The lowest BCUT2D eigenvalue weighted by molar-refractivity contribution is -0.130. The molecule has 3 rings (SSSR count). The van der Waals surface area contributed by atoms with E-state index in [0.717, 1.165) is 16.5 Å². The predicted octanol–water partition coefficient (Wildman–Crippen LogP) is 1.53. The maximum atomic E-state index is 12.5. The van der Waals surface area contributed by atoms with Gasteiger partial charge in [0.05, 0.1) is 18.8 Å². The topological polar surface area (TPSA) is 51.5 Å². The van der Waals surface area contributed by atoms with E-state index in [1.807, 2.05) is 36.7 Å². The molecule has 1 aliphatic rings. The lowest BCUT2D eigenvalue weighted by atomic mass is 10.1. The fourth-order valence-electron chi connectivity index (χ4n) is 2.70. The Hall–Kier alpha value is -2.14. The van der Waals surface area contributed by atoms with Crippen molar-refractivity contribution in [2.75, 3.05) is 26.3 Å². The number of ketones is 1. The number of hydrogen-bond acceptors (Lipinski definition) is 3. The van der Waals surface area contributed by atoms with Crippen molar-refractivity contribution in [3.63, 3.8) is 0 Å². The lowest BCUT2D eigenvalue weighted by Crippen LogP contribution is -2.44. The van der Waals surface area contributed by atoms with Gasteiger partial charge in [-0.2, -0.15) is 0 Å². The molecule has 1 aromatic carbocycles. The van der Waals surface area contributed by atoms with Crippen LogP contribution >= 0.6 is 0 Å². The SMILES string of the molecule is Cc1ccc2c(C(=O)C(=O)N3CCOCC3)cn(C)c2c1. The number of hydrogen-bond donors (Lipinski definition) is 0. The molecule has 0 unspecified atom stereocenters. The monoisotopic (exact) mass is 286 g/mol. The van der Waals surface area contributed by atoms with Crippen LogP contribution in [0.3, 0.4) is 0 Å². The van der Waals surface area contributed by atoms with Crippen LogP contribution < -0.4 is 0 Å². The van der Waals surface area contributed by atoms with Gasteiger partial charge in [0.2, 0.25) is 0 Å². The third kappa shape index (κ3) is 2.45. The molecule has 0 N–H and O–H groups in total. The summed E-state index contributed by atoms with van der Waals surface area (Å²) < 4.78 is 7.10. The molecule has 0 saturated carbocycles. The molecule has 1 fully saturated rings. The Balaban J connectivity index is 1.96. The van der Waals surface area contributed by atoms with E-state index in [4.69, 9.17) is 4.74 Å². The number of morpholine rings is 1. The van der Waals surface area contributed by atoms with Gasteiger partial charge in [0.1, 0.15) is 0 Å². The Morgan fingerprint density at radius 2 is 1.90 bits per heavy atom. The molecule has 0 radical (unpaired) electrons. The second-order valence-corrected chi connectivity index (χ2v) is 5.41. The second kappa shape index (κ2) is 5.33. The molecule has 2 heterocycles. The van der Waals surface area contributed by atoms with E-state index in [0.29, 0.717) is 31.9 Å². The van der Waals surface area contributed by atoms with Crippen molar-refractivity contribution in [2.24, 2.45) is 7.05 Å². The minimum atomic E-state index is -0.439. The van der Waals surface area contributed by atoms with E-state index in [-0.39, 0.29) is 0 Å². The molecule has 0 aliphatic carbocycles. The van der Waals surface area contributed by atoms with Crippen LogP contribution in [0.4, 0.5) is 0 Å². The molecule has 1 saturated heterocycles. The third-order valence-corrected chi connectivity index (χ3v) is 3.88. The predicted molar refractivity (Wildman–Crippen MR) is 79.4 cm³/mol. The maximum absolute atomic E-state index is 12.5. The summed E-state index contributed by atoms with van der Waals surface area (Å²) in [7, 11) is 1.89. The van der Waals surface area contributed by atoms with Crippen molar-refractivity contribution in [3.8, 4) is 0 Å². The van der Waals surface area contributed by atoms with Gasteiger partial charge in [-0.15, -0.1) is 0 Å². The summed E-state index contributed by atoms with van der Waals surface area (Å²) in [5.74, 6) is -0.877. The zero-order chi connectivity index (χ0) is 15.0. The fourth-order valence-corrected chi connectivity index (χ4v) is 2.70. The third-order valence-electron chi connectivity index (χ3n) is 3.88. The Bertz CT molecular complexity index is 712. The molecule has 1 aromatic heterocycles. The van der Waals surface area contributed by atoms with Gasteiger partial charge in [-0.25, -0.2) is 0 Å². The maximum Gasteiger partial charge on any atom is 0.295 e. The van der Waals surface area contributed by atoms with E-state index in [1.165, 1.54) is 0 Å².